The third-order valence-electron chi connectivity index (χ3n) is 3.62. The van der Waals surface area contributed by atoms with Crippen LogP contribution in [0, 0.1) is 11.3 Å². The molecule has 2 atom stereocenters. The zero-order valence-corrected chi connectivity index (χ0v) is 13.5. The first kappa shape index (κ1) is 16.8. The van der Waals surface area contributed by atoms with Gasteiger partial charge in [0.1, 0.15) is 6.04 Å². The zero-order valence-electron chi connectivity index (χ0n) is 13.5. The zero-order chi connectivity index (χ0) is 15.3. The van der Waals surface area contributed by atoms with E-state index >= 15 is 0 Å². The normalized spacial score (nSPS) is 20.9. The molecular formula is C15H29N3O2. The fraction of sp³-hybridized carbons (Fsp3) is 0.867. The maximum Gasteiger partial charge on any atom is 0.315 e. The van der Waals surface area contributed by atoms with Gasteiger partial charge in [0.05, 0.1) is 0 Å². The summed E-state index contributed by atoms with van der Waals surface area (Å²) in [6.07, 6.45) is 2.80. The molecule has 116 valence electrons. The number of urea groups is 1. The third-order valence-corrected chi connectivity index (χ3v) is 3.62. The Morgan fingerprint density at radius 3 is 2.60 bits per heavy atom. The molecule has 5 nitrogen and oxygen atoms in total. The highest BCUT2D eigenvalue weighted by Gasteiger charge is 2.30. The maximum atomic E-state index is 11.7. The summed E-state index contributed by atoms with van der Waals surface area (Å²) < 4.78 is 0. The number of hydrogen-bond acceptors (Lipinski definition) is 2. The van der Waals surface area contributed by atoms with Gasteiger partial charge in [0, 0.05) is 20.1 Å². The van der Waals surface area contributed by atoms with Gasteiger partial charge in [-0.2, -0.15) is 0 Å². The molecule has 2 unspecified atom stereocenters. The van der Waals surface area contributed by atoms with Gasteiger partial charge < -0.3 is 15.5 Å². The van der Waals surface area contributed by atoms with E-state index in [0.717, 1.165) is 12.8 Å². The predicted octanol–water partition coefficient (Wildman–Crippen LogP) is 1.98. The molecule has 0 aromatic carbocycles. The summed E-state index contributed by atoms with van der Waals surface area (Å²) in [7, 11) is 1.76. The number of nitrogens with one attached hydrogen (secondary N) is 2. The molecule has 0 aliphatic carbocycles. The molecular weight excluding hydrogens is 254 g/mol. The number of amides is 3. The van der Waals surface area contributed by atoms with E-state index in [9.17, 15) is 9.59 Å². The molecule has 0 aromatic rings. The van der Waals surface area contributed by atoms with E-state index in [-0.39, 0.29) is 18.0 Å². The van der Waals surface area contributed by atoms with Crippen LogP contribution in [0.1, 0.15) is 47.0 Å². The lowest BCUT2D eigenvalue weighted by molar-refractivity contribution is -0.128. The predicted molar refractivity (Wildman–Crippen MR) is 80.4 cm³/mol. The van der Waals surface area contributed by atoms with Crippen molar-refractivity contribution in [3.63, 3.8) is 0 Å². The number of carbonyl (C=O) groups excluding carboxylic acids is 2. The van der Waals surface area contributed by atoms with Gasteiger partial charge in [-0.15, -0.1) is 0 Å². The van der Waals surface area contributed by atoms with Crippen LogP contribution in [0.2, 0.25) is 0 Å². The molecule has 0 bridgehead atoms. The van der Waals surface area contributed by atoms with E-state index in [1.807, 2.05) is 0 Å². The van der Waals surface area contributed by atoms with Gasteiger partial charge in [-0.3, -0.25) is 4.79 Å². The van der Waals surface area contributed by atoms with Crippen molar-refractivity contribution >= 4 is 11.9 Å². The minimum Gasteiger partial charge on any atom is -0.344 e. The van der Waals surface area contributed by atoms with Crippen LogP contribution in [0.5, 0.6) is 0 Å². The highest BCUT2D eigenvalue weighted by atomic mass is 16.2. The minimum absolute atomic E-state index is 0.00116. The number of rotatable bonds is 5. The second kappa shape index (κ2) is 6.95. The van der Waals surface area contributed by atoms with Gasteiger partial charge in [-0.25, -0.2) is 4.79 Å². The topological polar surface area (TPSA) is 61.4 Å². The lowest BCUT2D eigenvalue weighted by Crippen LogP contribution is -2.46. The summed E-state index contributed by atoms with van der Waals surface area (Å²) in [5, 5.41) is 5.58. The first-order chi connectivity index (χ1) is 9.19. The molecule has 0 saturated carbocycles. The molecule has 0 radical (unpaired) electrons. The second-order valence-electron chi connectivity index (χ2n) is 7.16. The summed E-state index contributed by atoms with van der Waals surface area (Å²) in [6, 6.07) is -0.589. The summed E-state index contributed by atoms with van der Waals surface area (Å²) in [5.74, 6) is 0.579. The van der Waals surface area contributed by atoms with Crippen LogP contribution in [-0.2, 0) is 4.79 Å². The summed E-state index contributed by atoms with van der Waals surface area (Å²) in [4.78, 5) is 25.0. The second-order valence-corrected chi connectivity index (χ2v) is 7.16. The van der Waals surface area contributed by atoms with E-state index in [0.29, 0.717) is 30.8 Å². The Morgan fingerprint density at radius 1 is 1.45 bits per heavy atom. The van der Waals surface area contributed by atoms with Gasteiger partial charge in [0.25, 0.3) is 0 Å². The smallest absolute Gasteiger partial charge is 0.315 e. The van der Waals surface area contributed by atoms with E-state index < -0.39 is 0 Å². The Morgan fingerprint density at radius 2 is 2.10 bits per heavy atom. The van der Waals surface area contributed by atoms with Crippen LogP contribution in [0.4, 0.5) is 4.79 Å². The number of likely N-dealkylation sites (N-methyl/N-ethyl adjacent to an activating group) is 1. The summed E-state index contributed by atoms with van der Waals surface area (Å²) in [6.45, 7) is 10.3. The number of likely N-dealkylation sites (tertiary alicyclic amines) is 1. The maximum absolute atomic E-state index is 11.7. The largest absolute Gasteiger partial charge is 0.344 e. The van der Waals surface area contributed by atoms with Crippen LogP contribution < -0.4 is 10.6 Å². The quantitative estimate of drug-likeness (QED) is 0.810. The van der Waals surface area contributed by atoms with Gasteiger partial charge in [-0.1, -0.05) is 27.7 Å². The van der Waals surface area contributed by atoms with Crippen molar-refractivity contribution in [1.29, 1.82) is 0 Å². The Labute approximate surface area is 122 Å². The Hall–Kier alpha value is -1.26. The van der Waals surface area contributed by atoms with Crippen LogP contribution in [0.25, 0.3) is 0 Å². The minimum atomic E-state index is -0.355. The molecule has 20 heavy (non-hydrogen) atoms. The van der Waals surface area contributed by atoms with Crippen molar-refractivity contribution in [3.8, 4) is 0 Å². The van der Waals surface area contributed by atoms with Gasteiger partial charge in [-0.05, 0) is 30.6 Å². The van der Waals surface area contributed by atoms with E-state index in [2.05, 4.69) is 38.3 Å². The molecule has 1 heterocycles. The lowest BCUT2D eigenvalue weighted by Gasteiger charge is -2.23. The molecule has 1 aliphatic rings. The van der Waals surface area contributed by atoms with Crippen molar-refractivity contribution in [2.24, 2.45) is 11.3 Å². The van der Waals surface area contributed by atoms with Crippen LogP contribution in [0.15, 0.2) is 0 Å². The SMILES string of the molecule is CC(CCNC(=O)NC1CCN(C)C1=O)CC(C)(C)C. The first-order valence-corrected chi connectivity index (χ1v) is 7.48. The molecule has 3 amide bonds. The molecule has 0 aromatic heterocycles. The summed E-state index contributed by atoms with van der Waals surface area (Å²) >= 11 is 0. The molecule has 1 rings (SSSR count). The van der Waals surface area contributed by atoms with Crippen LogP contribution in [-0.4, -0.2) is 43.0 Å². The molecule has 1 saturated heterocycles. The monoisotopic (exact) mass is 283 g/mol. The molecule has 1 fully saturated rings. The average Bonchev–Trinajstić information content (AvgIpc) is 2.58. The average molecular weight is 283 g/mol. The van der Waals surface area contributed by atoms with Gasteiger partial charge >= 0.3 is 6.03 Å². The highest BCUT2D eigenvalue weighted by molar-refractivity contribution is 5.88. The van der Waals surface area contributed by atoms with E-state index in [1.54, 1.807) is 11.9 Å². The van der Waals surface area contributed by atoms with Crippen molar-refractivity contribution in [2.75, 3.05) is 20.1 Å². The molecule has 5 heteroatoms. The first-order valence-electron chi connectivity index (χ1n) is 7.48. The standard InChI is InChI=1S/C15H29N3O2/c1-11(10-15(2,3)4)6-8-16-14(20)17-12-7-9-18(5)13(12)19/h11-12H,6-10H2,1-5H3,(H2,16,17,20). The molecule has 2 N–H and O–H groups in total. The van der Waals surface area contributed by atoms with E-state index in [4.69, 9.17) is 0 Å². The number of nitrogens with zero attached hydrogens (tertiary/aromatic N) is 1. The fourth-order valence-electron chi connectivity index (χ4n) is 2.75. The Bertz CT molecular complexity index is 350. The van der Waals surface area contributed by atoms with Crippen molar-refractivity contribution in [3.05, 3.63) is 0 Å². The number of carbonyl (C=O) groups is 2. The Balaban J connectivity index is 2.19. The van der Waals surface area contributed by atoms with Gasteiger partial charge in [0.15, 0.2) is 0 Å². The van der Waals surface area contributed by atoms with Crippen molar-refractivity contribution < 1.29 is 9.59 Å². The number of hydrogen-bond donors (Lipinski definition) is 2. The van der Waals surface area contributed by atoms with Crippen LogP contribution in [0.3, 0.4) is 0 Å². The molecule has 0 spiro atoms. The highest BCUT2D eigenvalue weighted by Crippen LogP contribution is 2.25. The molecule has 1 aliphatic heterocycles. The fourth-order valence-corrected chi connectivity index (χ4v) is 2.75. The summed E-state index contributed by atoms with van der Waals surface area (Å²) in [5.41, 5.74) is 0.322. The van der Waals surface area contributed by atoms with E-state index in [1.165, 1.54) is 0 Å². The van der Waals surface area contributed by atoms with Gasteiger partial charge in [0.2, 0.25) is 5.91 Å². The lowest BCUT2D eigenvalue weighted by atomic mass is 9.84. The van der Waals surface area contributed by atoms with Crippen molar-refractivity contribution in [2.45, 2.75) is 53.0 Å². The third kappa shape index (κ3) is 5.80. The van der Waals surface area contributed by atoms with Crippen LogP contribution >= 0.6 is 0 Å². The Kier molecular flexibility index (Phi) is 5.84. The van der Waals surface area contributed by atoms with Crippen molar-refractivity contribution in [1.82, 2.24) is 15.5 Å².